The Morgan fingerprint density at radius 3 is 2.48 bits per heavy atom. The molecule has 0 spiro atoms. The topological polar surface area (TPSA) is 113 Å². The van der Waals surface area contributed by atoms with Crippen LogP contribution in [-0.2, 0) is 4.79 Å². The number of benzene rings is 2. The Balaban J connectivity index is 1.63. The zero-order chi connectivity index (χ0) is 20.8. The maximum Gasteiger partial charge on any atom is 0.234 e. The molecular weight excluding hydrogens is 414 g/mol. The molecular formula is C19H16N3O5S2-. The molecule has 150 valence electrons. The molecule has 3 aromatic rings. The number of aromatic carboxylic acids is 1. The number of carbonyl (C=O) groups is 2. The van der Waals surface area contributed by atoms with Crippen molar-refractivity contribution < 1.29 is 24.2 Å². The highest BCUT2D eigenvalue weighted by Crippen LogP contribution is 2.34. The van der Waals surface area contributed by atoms with Crippen molar-refractivity contribution in [3.05, 3.63) is 48.0 Å². The summed E-state index contributed by atoms with van der Waals surface area (Å²) in [5.41, 5.74) is 1.19. The zero-order valence-corrected chi connectivity index (χ0v) is 17.1. The number of methoxy groups -OCH3 is 2. The van der Waals surface area contributed by atoms with Gasteiger partial charge in [-0.25, -0.2) is 0 Å². The number of anilines is 1. The molecule has 1 heterocycles. The predicted octanol–water partition coefficient (Wildman–Crippen LogP) is 2.32. The van der Waals surface area contributed by atoms with Gasteiger partial charge in [-0.1, -0.05) is 35.2 Å². The third kappa shape index (κ3) is 5.46. The van der Waals surface area contributed by atoms with E-state index in [1.54, 1.807) is 26.4 Å². The Morgan fingerprint density at radius 2 is 1.83 bits per heavy atom. The van der Waals surface area contributed by atoms with Gasteiger partial charge in [0.2, 0.25) is 5.91 Å². The SMILES string of the molecule is COc1cc(OC)cc(-c2nnc(SCC(=O)Nc3cccc(C(=O)[O-])c3)s2)c1. The summed E-state index contributed by atoms with van der Waals surface area (Å²) in [7, 11) is 3.14. The van der Waals surface area contributed by atoms with Crippen LogP contribution in [0.5, 0.6) is 11.5 Å². The van der Waals surface area contributed by atoms with Crippen molar-refractivity contribution in [2.45, 2.75) is 4.34 Å². The average Bonchev–Trinajstić information content (AvgIpc) is 3.21. The van der Waals surface area contributed by atoms with E-state index in [0.29, 0.717) is 26.5 Å². The largest absolute Gasteiger partial charge is 0.545 e. The van der Waals surface area contributed by atoms with E-state index >= 15 is 0 Å². The van der Waals surface area contributed by atoms with Gasteiger partial charge in [0.05, 0.1) is 25.9 Å². The second-order valence-electron chi connectivity index (χ2n) is 5.68. The van der Waals surface area contributed by atoms with Gasteiger partial charge < -0.3 is 24.7 Å². The maximum absolute atomic E-state index is 12.1. The number of rotatable bonds is 8. The quantitative estimate of drug-likeness (QED) is 0.542. The Bertz CT molecular complexity index is 1020. The number of hydrogen-bond donors (Lipinski definition) is 1. The third-order valence-corrected chi connectivity index (χ3v) is 5.82. The summed E-state index contributed by atoms with van der Waals surface area (Å²) >= 11 is 2.58. The highest BCUT2D eigenvalue weighted by Gasteiger charge is 2.12. The predicted molar refractivity (Wildman–Crippen MR) is 109 cm³/mol. The van der Waals surface area contributed by atoms with Gasteiger partial charge in [0, 0.05) is 17.3 Å². The highest BCUT2D eigenvalue weighted by molar-refractivity contribution is 8.01. The summed E-state index contributed by atoms with van der Waals surface area (Å²) in [5, 5.41) is 22.5. The van der Waals surface area contributed by atoms with Crippen LogP contribution in [0.1, 0.15) is 10.4 Å². The van der Waals surface area contributed by atoms with Gasteiger partial charge >= 0.3 is 0 Å². The van der Waals surface area contributed by atoms with E-state index in [-0.39, 0.29) is 17.2 Å². The Kier molecular flexibility index (Phi) is 6.68. The number of carboxylic acid groups (broad SMARTS) is 1. The van der Waals surface area contributed by atoms with E-state index in [9.17, 15) is 14.7 Å². The van der Waals surface area contributed by atoms with E-state index < -0.39 is 5.97 Å². The fourth-order valence-electron chi connectivity index (χ4n) is 2.36. The molecule has 0 fully saturated rings. The van der Waals surface area contributed by atoms with Gasteiger partial charge in [-0.3, -0.25) is 4.79 Å². The first kappa shape index (κ1) is 20.6. The Hall–Kier alpha value is -3.11. The molecule has 0 aliphatic carbocycles. The number of aromatic nitrogens is 2. The maximum atomic E-state index is 12.1. The normalized spacial score (nSPS) is 10.4. The van der Waals surface area contributed by atoms with E-state index in [0.717, 1.165) is 5.56 Å². The number of thioether (sulfide) groups is 1. The minimum atomic E-state index is -1.30. The van der Waals surface area contributed by atoms with E-state index in [1.807, 2.05) is 12.1 Å². The fourth-order valence-corrected chi connectivity index (χ4v) is 4.00. The summed E-state index contributed by atoms with van der Waals surface area (Å²) < 4.78 is 11.1. The fraction of sp³-hybridized carbons (Fsp3) is 0.158. The smallest absolute Gasteiger partial charge is 0.234 e. The molecule has 0 saturated carbocycles. The van der Waals surface area contributed by atoms with Crippen molar-refractivity contribution in [1.82, 2.24) is 10.2 Å². The molecule has 0 aliphatic heterocycles. The van der Waals surface area contributed by atoms with Crippen molar-refractivity contribution >= 4 is 40.7 Å². The number of carboxylic acids is 1. The summed E-state index contributed by atoms with van der Waals surface area (Å²) in [6.07, 6.45) is 0. The Morgan fingerprint density at radius 1 is 1.10 bits per heavy atom. The van der Waals surface area contributed by atoms with Crippen LogP contribution in [0.3, 0.4) is 0 Å². The first-order valence-corrected chi connectivity index (χ1v) is 10.1. The molecule has 8 nitrogen and oxygen atoms in total. The first-order chi connectivity index (χ1) is 14.0. The molecule has 3 rings (SSSR count). The van der Waals surface area contributed by atoms with E-state index in [4.69, 9.17) is 9.47 Å². The van der Waals surface area contributed by atoms with Crippen LogP contribution in [0.25, 0.3) is 10.6 Å². The summed E-state index contributed by atoms with van der Waals surface area (Å²) in [4.78, 5) is 23.0. The van der Waals surface area contributed by atoms with E-state index in [1.165, 1.54) is 41.3 Å². The van der Waals surface area contributed by atoms with Crippen molar-refractivity contribution in [3.63, 3.8) is 0 Å². The highest BCUT2D eigenvalue weighted by atomic mass is 32.2. The van der Waals surface area contributed by atoms with Gasteiger partial charge in [0.1, 0.15) is 16.5 Å². The van der Waals surface area contributed by atoms with Gasteiger partial charge in [0.25, 0.3) is 0 Å². The van der Waals surface area contributed by atoms with Gasteiger partial charge in [0.15, 0.2) is 4.34 Å². The van der Waals surface area contributed by atoms with Crippen molar-refractivity contribution in [1.29, 1.82) is 0 Å². The number of nitrogens with one attached hydrogen (secondary N) is 1. The number of hydrogen-bond acceptors (Lipinski definition) is 9. The van der Waals surface area contributed by atoms with Gasteiger partial charge in [-0.2, -0.15) is 0 Å². The van der Waals surface area contributed by atoms with Gasteiger partial charge in [-0.05, 0) is 29.8 Å². The molecule has 2 aromatic carbocycles. The van der Waals surface area contributed by atoms with Crippen LogP contribution >= 0.6 is 23.1 Å². The van der Waals surface area contributed by atoms with Crippen LogP contribution in [0.2, 0.25) is 0 Å². The van der Waals surface area contributed by atoms with Crippen molar-refractivity contribution in [2.75, 3.05) is 25.3 Å². The minimum absolute atomic E-state index is 0.00191. The lowest BCUT2D eigenvalue weighted by molar-refractivity contribution is -0.255. The minimum Gasteiger partial charge on any atom is -0.545 e. The monoisotopic (exact) mass is 430 g/mol. The number of nitrogens with zero attached hydrogens (tertiary/aromatic N) is 2. The number of carbonyl (C=O) groups excluding carboxylic acids is 2. The van der Waals surface area contributed by atoms with Crippen LogP contribution in [0.15, 0.2) is 46.8 Å². The van der Waals surface area contributed by atoms with Crippen molar-refractivity contribution in [2.24, 2.45) is 0 Å². The molecule has 0 saturated heterocycles. The molecule has 1 N–H and O–H groups in total. The molecule has 0 atom stereocenters. The molecule has 0 unspecified atom stereocenters. The lowest BCUT2D eigenvalue weighted by Gasteiger charge is -2.07. The zero-order valence-electron chi connectivity index (χ0n) is 15.5. The molecule has 29 heavy (non-hydrogen) atoms. The number of ether oxygens (including phenoxy) is 2. The summed E-state index contributed by atoms with van der Waals surface area (Å²) in [6, 6.07) is 11.3. The molecule has 0 bridgehead atoms. The molecule has 1 amide bonds. The molecule has 10 heteroatoms. The lowest BCUT2D eigenvalue weighted by atomic mass is 10.2. The lowest BCUT2D eigenvalue weighted by Crippen LogP contribution is -2.22. The second kappa shape index (κ2) is 9.39. The molecule has 0 aliphatic rings. The second-order valence-corrected chi connectivity index (χ2v) is 7.88. The standard InChI is InChI=1S/C19H17N3O5S2/c1-26-14-7-12(8-15(9-14)27-2)17-21-22-19(29-17)28-10-16(23)20-13-5-3-4-11(6-13)18(24)25/h3-9H,10H2,1-2H3,(H,20,23)(H,24,25)/p-1. The molecule has 0 radical (unpaired) electrons. The Labute approximate surface area is 174 Å². The average molecular weight is 430 g/mol. The summed E-state index contributed by atoms with van der Waals surface area (Å²) in [5.74, 6) is -0.203. The van der Waals surface area contributed by atoms with Crippen LogP contribution < -0.4 is 19.9 Å². The van der Waals surface area contributed by atoms with Gasteiger partial charge in [-0.15, -0.1) is 10.2 Å². The van der Waals surface area contributed by atoms with E-state index in [2.05, 4.69) is 15.5 Å². The van der Waals surface area contributed by atoms with Crippen LogP contribution in [0, 0.1) is 0 Å². The summed E-state index contributed by atoms with van der Waals surface area (Å²) in [6.45, 7) is 0. The molecule has 1 aromatic heterocycles. The van der Waals surface area contributed by atoms with Crippen LogP contribution in [0.4, 0.5) is 5.69 Å². The number of amides is 1. The van der Waals surface area contributed by atoms with Crippen LogP contribution in [-0.4, -0.2) is 42.0 Å². The first-order valence-electron chi connectivity index (χ1n) is 8.29. The van der Waals surface area contributed by atoms with Crippen molar-refractivity contribution in [3.8, 4) is 22.1 Å². The third-order valence-electron chi connectivity index (χ3n) is 3.71.